The van der Waals surface area contributed by atoms with E-state index in [1.54, 1.807) is 11.8 Å². The summed E-state index contributed by atoms with van der Waals surface area (Å²) in [4.78, 5) is 15.2. The number of hydrogen-bond acceptors (Lipinski definition) is 6. The van der Waals surface area contributed by atoms with Crippen LogP contribution in [0.4, 0.5) is 11.9 Å². The number of aromatic nitrogens is 3. The van der Waals surface area contributed by atoms with Gasteiger partial charge in [-0.25, -0.2) is 0 Å². The molecule has 1 heterocycles. The second kappa shape index (κ2) is 8.19. The van der Waals surface area contributed by atoms with E-state index in [0.717, 1.165) is 23.9 Å². The molecular formula is C13H25N5S. The summed E-state index contributed by atoms with van der Waals surface area (Å²) < 4.78 is 0. The average Bonchev–Trinajstić information content (AvgIpc) is 2.42. The molecule has 1 aromatic rings. The first-order chi connectivity index (χ1) is 9.06. The van der Waals surface area contributed by atoms with Crippen LogP contribution < -0.4 is 10.2 Å². The summed E-state index contributed by atoms with van der Waals surface area (Å²) in [5.41, 5.74) is 0. The van der Waals surface area contributed by atoms with E-state index in [2.05, 4.69) is 41.0 Å². The molecule has 19 heavy (non-hydrogen) atoms. The van der Waals surface area contributed by atoms with E-state index in [1.165, 1.54) is 6.42 Å². The Morgan fingerprint density at radius 2 is 1.95 bits per heavy atom. The minimum absolute atomic E-state index is 0.673. The molecule has 1 atom stereocenters. The number of rotatable bonds is 8. The molecule has 1 rings (SSSR count). The molecule has 0 saturated heterocycles. The van der Waals surface area contributed by atoms with Crippen LogP contribution in [0.15, 0.2) is 5.16 Å². The van der Waals surface area contributed by atoms with Gasteiger partial charge in [0, 0.05) is 26.4 Å². The fourth-order valence-electron chi connectivity index (χ4n) is 1.26. The van der Waals surface area contributed by atoms with Gasteiger partial charge >= 0.3 is 0 Å². The SMILES string of the molecule is CCCNc1nc(SCC(C)CC)nc(N(C)C)n1. The Balaban J connectivity index is 2.80. The number of thioether (sulfide) groups is 1. The third kappa shape index (κ3) is 5.63. The summed E-state index contributed by atoms with van der Waals surface area (Å²) in [6.45, 7) is 7.46. The lowest BCUT2D eigenvalue weighted by Crippen LogP contribution is -2.16. The zero-order chi connectivity index (χ0) is 14.3. The van der Waals surface area contributed by atoms with Crippen molar-refractivity contribution >= 4 is 23.7 Å². The van der Waals surface area contributed by atoms with Gasteiger partial charge in [0.05, 0.1) is 0 Å². The molecule has 0 radical (unpaired) electrons. The molecule has 0 aliphatic heterocycles. The molecule has 0 amide bonds. The quantitative estimate of drug-likeness (QED) is 0.740. The van der Waals surface area contributed by atoms with Crippen molar-refractivity contribution in [1.82, 2.24) is 15.0 Å². The molecule has 0 aliphatic rings. The maximum Gasteiger partial charge on any atom is 0.230 e. The van der Waals surface area contributed by atoms with Gasteiger partial charge < -0.3 is 10.2 Å². The average molecular weight is 283 g/mol. The van der Waals surface area contributed by atoms with Gasteiger partial charge in [-0.3, -0.25) is 0 Å². The largest absolute Gasteiger partial charge is 0.354 e. The summed E-state index contributed by atoms with van der Waals surface area (Å²) in [5.74, 6) is 3.10. The summed E-state index contributed by atoms with van der Waals surface area (Å²) in [5, 5.41) is 4.03. The molecule has 108 valence electrons. The van der Waals surface area contributed by atoms with Crippen LogP contribution in [0.5, 0.6) is 0 Å². The summed E-state index contributed by atoms with van der Waals surface area (Å²) >= 11 is 1.70. The second-order valence-electron chi connectivity index (χ2n) is 4.89. The highest BCUT2D eigenvalue weighted by molar-refractivity contribution is 7.99. The van der Waals surface area contributed by atoms with Crippen LogP contribution in [-0.4, -0.2) is 41.3 Å². The standard InChI is InChI=1S/C13H25N5S/c1-6-8-14-11-15-12(18(4)5)17-13(16-11)19-9-10(3)7-2/h10H,6-9H2,1-5H3,(H,14,15,16,17). The number of anilines is 2. The highest BCUT2D eigenvalue weighted by Crippen LogP contribution is 2.21. The molecule has 0 spiro atoms. The van der Waals surface area contributed by atoms with E-state index in [1.807, 2.05) is 19.0 Å². The third-order valence-corrected chi connectivity index (χ3v) is 3.91. The van der Waals surface area contributed by atoms with Crippen LogP contribution in [0.3, 0.4) is 0 Å². The molecule has 0 fully saturated rings. The van der Waals surface area contributed by atoms with Crippen LogP contribution in [0.25, 0.3) is 0 Å². The normalized spacial score (nSPS) is 12.3. The molecule has 0 aliphatic carbocycles. The van der Waals surface area contributed by atoms with Crippen molar-refractivity contribution in [3.8, 4) is 0 Å². The first kappa shape index (κ1) is 16.0. The zero-order valence-electron chi connectivity index (χ0n) is 12.6. The van der Waals surface area contributed by atoms with E-state index in [-0.39, 0.29) is 0 Å². The topological polar surface area (TPSA) is 53.9 Å². The molecule has 1 N–H and O–H groups in total. The highest BCUT2D eigenvalue weighted by atomic mass is 32.2. The van der Waals surface area contributed by atoms with E-state index in [4.69, 9.17) is 0 Å². The molecule has 0 aromatic carbocycles. The van der Waals surface area contributed by atoms with Gasteiger partial charge in [0.2, 0.25) is 11.9 Å². The van der Waals surface area contributed by atoms with Crippen LogP contribution in [0.2, 0.25) is 0 Å². The predicted octanol–water partition coefficient (Wildman–Crippen LogP) is 2.90. The van der Waals surface area contributed by atoms with Crippen molar-refractivity contribution in [2.45, 2.75) is 38.8 Å². The molecule has 5 nitrogen and oxygen atoms in total. The van der Waals surface area contributed by atoms with Crippen LogP contribution in [0, 0.1) is 5.92 Å². The molecule has 6 heteroatoms. The maximum absolute atomic E-state index is 4.47. The first-order valence-corrected chi connectivity index (χ1v) is 7.85. The van der Waals surface area contributed by atoms with Crippen molar-refractivity contribution in [3.05, 3.63) is 0 Å². The van der Waals surface area contributed by atoms with Crippen molar-refractivity contribution in [1.29, 1.82) is 0 Å². The Morgan fingerprint density at radius 3 is 2.53 bits per heavy atom. The first-order valence-electron chi connectivity index (χ1n) is 6.86. The fourth-order valence-corrected chi connectivity index (χ4v) is 2.23. The maximum atomic E-state index is 4.47. The van der Waals surface area contributed by atoms with Gasteiger partial charge in [-0.15, -0.1) is 0 Å². The minimum Gasteiger partial charge on any atom is -0.354 e. The molecule has 0 saturated carbocycles. The summed E-state index contributed by atoms with van der Waals surface area (Å²) in [6, 6.07) is 0. The van der Waals surface area contributed by atoms with Gasteiger partial charge in [-0.2, -0.15) is 15.0 Å². The van der Waals surface area contributed by atoms with Gasteiger partial charge in [0.15, 0.2) is 5.16 Å². The Bertz CT molecular complexity index is 383. The number of hydrogen-bond donors (Lipinski definition) is 1. The monoisotopic (exact) mass is 283 g/mol. The van der Waals surface area contributed by atoms with Crippen LogP contribution in [-0.2, 0) is 0 Å². The highest BCUT2D eigenvalue weighted by Gasteiger charge is 2.09. The van der Waals surface area contributed by atoms with Crippen molar-refractivity contribution in [3.63, 3.8) is 0 Å². The van der Waals surface area contributed by atoms with Crippen molar-refractivity contribution < 1.29 is 0 Å². The smallest absolute Gasteiger partial charge is 0.230 e. The Labute approximate surface area is 120 Å². The van der Waals surface area contributed by atoms with Crippen molar-refractivity contribution in [2.75, 3.05) is 36.6 Å². The van der Waals surface area contributed by atoms with E-state index in [0.29, 0.717) is 17.8 Å². The van der Waals surface area contributed by atoms with E-state index < -0.39 is 0 Å². The van der Waals surface area contributed by atoms with Gasteiger partial charge in [-0.1, -0.05) is 39.0 Å². The van der Waals surface area contributed by atoms with E-state index >= 15 is 0 Å². The Kier molecular flexibility index (Phi) is 6.91. The fraction of sp³-hybridized carbons (Fsp3) is 0.769. The second-order valence-corrected chi connectivity index (χ2v) is 5.87. The Hall–Kier alpha value is -1.04. The van der Waals surface area contributed by atoms with Crippen molar-refractivity contribution in [2.24, 2.45) is 5.92 Å². The third-order valence-electron chi connectivity index (χ3n) is 2.73. The van der Waals surface area contributed by atoms with Gasteiger partial charge in [0.1, 0.15) is 0 Å². The zero-order valence-corrected chi connectivity index (χ0v) is 13.4. The summed E-state index contributed by atoms with van der Waals surface area (Å²) in [6.07, 6.45) is 2.23. The van der Waals surface area contributed by atoms with Crippen LogP contribution >= 0.6 is 11.8 Å². The Morgan fingerprint density at radius 1 is 1.21 bits per heavy atom. The number of nitrogens with one attached hydrogen (secondary N) is 1. The lowest BCUT2D eigenvalue weighted by molar-refractivity contribution is 0.635. The van der Waals surface area contributed by atoms with Crippen LogP contribution in [0.1, 0.15) is 33.6 Å². The van der Waals surface area contributed by atoms with Gasteiger partial charge in [-0.05, 0) is 12.3 Å². The lowest BCUT2D eigenvalue weighted by Gasteiger charge is -2.13. The molecule has 1 aromatic heterocycles. The number of nitrogens with zero attached hydrogens (tertiary/aromatic N) is 4. The molecular weight excluding hydrogens is 258 g/mol. The molecule has 0 bridgehead atoms. The van der Waals surface area contributed by atoms with Gasteiger partial charge in [0.25, 0.3) is 0 Å². The minimum atomic E-state index is 0.673. The molecule has 1 unspecified atom stereocenters. The van der Waals surface area contributed by atoms with E-state index in [9.17, 15) is 0 Å². The lowest BCUT2D eigenvalue weighted by atomic mass is 10.2. The summed E-state index contributed by atoms with van der Waals surface area (Å²) in [7, 11) is 3.89. The predicted molar refractivity (Wildman–Crippen MR) is 83.1 cm³/mol.